The Bertz CT molecular complexity index is 1090. The van der Waals surface area contributed by atoms with Crippen molar-refractivity contribution in [1.29, 1.82) is 0 Å². The molecular weight excluding hydrogens is 418 g/mol. The van der Waals surface area contributed by atoms with Crippen LogP contribution in [0.3, 0.4) is 0 Å². The highest BCUT2D eigenvalue weighted by Gasteiger charge is 2.33. The maximum absolute atomic E-state index is 12.9. The standard InChI is InChI=1S/C24H22ClNO5/c1-13-6-2-5-9-18(13)26-19(27)12-31-24(30)17-11-10-16-20(21(17)25)23(29)15-8-4-3-7-14(15)22(16)28/h3-4,7-8,10-11,13,18H,2,5-6,9,12H2,1H3,(H,26,27)/t13-,18+/m0/s1. The van der Waals surface area contributed by atoms with Gasteiger partial charge in [-0.05, 0) is 30.9 Å². The number of ether oxygens (including phenoxy) is 1. The summed E-state index contributed by atoms with van der Waals surface area (Å²) in [7, 11) is 0. The van der Waals surface area contributed by atoms with E-state index in [-0.39, 0.29) is 45.0 Å². The van der Waals surface area contributed by atoms with Crippen LogP contribution in [0.1, 0.15) is 74.8 Å². The first-order valence-electron chi connectivity index (χ1n) is 10.4. The number of amides is 1. The van der Waals surface area contributed by atoms with E-state index < -0.39 is 18.4 Å². The Kier molecular flexibility index (Phi) is 5.92. The number of halogens is 1. The maximum Gasteiger partial charge on any atom is 0.340 e. The molecule has 31 heavy (non-hydrogen) atoms. The Morgan fingerprint density at radius 1 is 1.00 bits per heavy atom. The van der Waals surface area contributed by atoms with Gasteiger partial charge in [-0.1, -0.05) is 55.6 Å². The van der Waals surface area contributed by atoms with Gasteiger partial charge in [0.2, 0.25) is 0 Å². The third kappa shape index (κ3) is 4.00. The van der Waals surface area contributed by atoms with E-state index in [1.807, 2.05) is 0 Å². The van der Waals surface area contributed by atoms with E-state index in [9.17, 15) is 19.2 Å². The molecule has 2 atom stereocenters. The summed E-state index contributed by atoms with van der Waals surface area (Å²) in [6, 6.07) is 9.31. The van der Waals surface area contributed by atoms with E-state index in [0.717, 1.165) is 25.7 Å². The average Bonchev–Trinajstić information content (AvgIpc) is 2.77. The van der Waals surface area contributed by atoms with Crippen LogP contribution in [-0.2, 0) is 9.53 Å². The topological polar surface area (TPSA) is 89.5 Å². The number of carbonyl (C=O) groups is 4. The van der Waals surface area contributed by atoms with Gasteiger partial charge in [0.05, 0.1) is 16.1 Å². The highest BCUT2D eigenvalue weighted by atomic mass is 35.5. The molecule has 2 aromatic rings. The van der Waals surface area contributed by atoms with E-state index in [2.05, 4.69) is 12.2 Å². The lowest BCUT2D eigenvalue weighted by atomic mass is 9.83. The summed E-state index contributed by atoms with van der Waals surface area (Å²) < 4.78 is 5.14. The number of carbonyl (C=O) groups excluding carboxylic acids is 4. The van der Waals surface area contributed by atoms with Crippen molar-refractivity contribution in [3.05, 3.63) is 69.2 Å². The van der Waals surface area contributed by atoms with Crippen molar-refractivity contribution in [2.45, 2.75) is 38.6 Å². The predicted molar refractivity (Wildman–Crippen MR) is 115 cm³/mol. The molecule has 1 saturated carbocycles. The third-order valence-electron chi connectivity index (χ3n) is 6.04. The van der Waals surface area contributed by atoms with Crippen molar-refractivity contribution in [1.82, 2.24) is 5.32 Å². The summed E-state index contributed by atoms with van der Waals surface area (Å²) in [6.45, 7) is 1.66. The lowest BCUT2D eigenvalue weighted by molar-refractivity contribution is -0.125. The van der Waals surface area contributed by atoms with E-state index in [4.69, 9.17) is 16.3 Å². The van der Waals surface area contributed by atoms with Crippen LogP contribution >= 0.6 is 11.6 Å². The molecule has 2 aliphatic carbocycles. The minimum Gasteiger partial charge on any atom is -0.452 e. The molecule has 1 amide bonds. The fraction of sp³-hybridized carbons (Fsp3) is 0.333. The molecule has 0 aliphatic heterocycles. The minimum atomic E-state index is -0.821. The zero-order chi connectivity index (χ0) is 22.1. The van der Waals surface area contributed by atoms with Crippen molar-refractivity contribution in [3.8, 4) is 0 Å². The van der Waals surface area contributed by atoms with Crippen LogP contribution in [0.2, 0.25) is 5.02 Å². The molecule has 0 radical (unpaired) electrons. The molecule has 2 aliphatic rings. The Balaban J connectivity index is 1.49. The van der Waals surface area contributed by atoms with Gasteiger partial charge < -0.3 is 10.1 Å². The Morgan fingerprint density at radius 2 is 1.68 bits per heavy atom. The number of esters is 1. The number of benzene rings is 2. The molecule has 0 aromatic heterocycles. The fourth-order valence-corrected chi connectivity index (χ4v) is 4.62. The summed E-state index contributed by atoms with van der Waals surface area (Å²) in [4.78, 5) is 50.4. The first kappa shape index (κ1) is 21.2. The summed E-state index contributed by atoms with van der Waals surface area (Å²) >= 11 is 6.36. The van der Waals surface area contributed by atoms with E-state index in [0.29, 0.717) is 11.5 Å². The molecule has 0 spiro atoms. The van der Waals surface area contributed by atoms with Crippen LogP contribution in [0.5, 0.6) is 0 Å². The molecule has 1 N–H and O–H groups in total. The van der Waals surface area contributed by atoms with Gasteiger partial charge in [0.1, 0.15) is 0 Å². The van der Waals surface area contributed by atoms with Gasteiger partial charge in [-0.25, -0.2) is 4.79 Å². The number of hydrogen-bond acceptors (Lipinski definition) is 5. The largest absolute Gasteiger partial charge is 0.452 e. The SMILES string of the molecule is C[C@H]1CCCC[C@H]1NC(=O)COC(=O)c1ccc2c(c1Cl)C(=O)c1ccccc1C2=O. The minimum absolute atomic E-state index is 0.0136. The van der Waals surface area contributed by atoms with Gasteiger partial charge in [-0.15, -0.1) is 0 Å². The monoisotopic (exact) mass is 439 g/mol. The van der Waals surface area contributed by atoms with Gasteiger partial charge in [-0.2, -0.15) is 0 Å². The summed E-state index contributed by atoms with van der Waals surface area (Å²) in [5.74, 6) is -1.56. The summed E-state index contributed by atoms with van der Waals surface area (Å²) in [5, 5.41) is 2.77. The molecule has 0 saturated heterocycles. The fourth-order valence-electron chi connectivity index (χ4n) is 4.29. The van der Waals surface area contributed by atoms with Gasteiger partial charge in [0, 0.05) is 22.7 Å². The van der Waals surface area contributed by atoms with E-state index in [1.54, 1.807) is 24.3 Å². The number of nitrogens with one attached hydrogen (secondary N) is 1. The highest BCUT2D eigenvalue weighted by Crippen LogP contribution is 2.34. The first-order valence-corrected chi connectivity index (χ1v) is 10.7. The maximum atomic E-state index is 12.9. The molecule has 2 aromatic carbocycles. The van der Waals surface area contributed by atoms with Crippen molar-refractivity contribution < 1.29 is 23.9 Å². The van der Waals surface area contributed by atoms with E-state index >= 15 is 0 Å². The smallest absolute Gasteiger partial charge is 0.340 e. The summed E-state index contributed by atoms with van der Waals surface area (Å²) in [6.07, 6.45) is 4.20. The zero-order valence-electron chi connectivity index (χ0n) is 17.1. The molecule has 7 heteroatoms. The zero-order valence-corrected chi connectivity index (χ0v) is 17.8. The lowest BCUT2D eigenvalue weighted by Crippen LogP contribution is -2.42. The van der Waals surface area contributed by atoms with Crippen LogP contribution in [0, 0.1) is 5.92 Å². The van der Waals surface area contributed by atoms with E-state index in [1.165, 1.54) is 12.1 Å². The summed E-state index contributed by atoms with van der Waals surface area (Å²) in [5.41, 5.74) is 0.628. The van der Waals surface area contributed by atoms with Gasteiger partial charge in [-0.3, -0.25) is 14.4 Å². The van der Waals surface area contributed by atoms with Gasteiger partial charge in [0.15, 0.2) is 18.2 Å². The Hall–Kier alpha value is -2.99. The number of ketones is 2. The van der Waals surface area contributed by atoms with Crippen molar-refractivity contribution in [2.24, 2.45) is 5.92 Å². The molecule has 160 valence electrons. The van der Waals surface area contributed by atoms with Gasteiger partial charge >= 0.3 is 5.97 Å². The Labute approximate surface area is 184 Å². The molecule has 1 fully saturated rings. The van der Waals surface area contributed by atoms with Crippen LogP contribution in [0.15, 0.2) is 36.4 Å². The van der Waals surface area contributed by atoms with Crippen LogP contribution in [0.4, 0.5) is 0 Å². The number of fused-ring (bicyclic) bond motifs is 2. The highest BCUT2D eigenvalue weighted by molar-refractivity contribution is 6.41. The van der Waals surface area contributed by atoms with Crippen molar-refractivity contribution >= 4 is 35.0 Å². The predicted octanol–water partition coefficient (Wildman–Crippen LogP) is 3.97. The molecule has 4 rings (SSSR count). The molecular formula is C24H22ClNO5. The van der Waals surface area contributed by atoms with Crippen LogP contribution in [0.25, 0.3) is 0 Å². The van der Waals surface area contributed by atoms with Gasteiger partial charge in [0.25, 0.3) is 5.91 Å². The van der Waals surface area contributed by atoms with Crippen molar-refractivity contribution in [2.75, 3.05) is 6.61 Å². The van der Waals surface area contributed by atoms with Crippen LogP contribution < -0.4 is 5.32 Å². The second kappa shape index (κ2) is 8.63. The lowest BCUT2D eigenvalue weighted by Gasteiger charge is -2.29. The molecule has 6 nitrogen and oxygen atoms in total. The quantitative estimate of drug-likeness (QED) is 0.621. The third-order valence-corrected chi connectivity index (χ3v) is 6.43. The number of rotatable bonds is 4. The molecule has 0 heterocycles. The second-order valence-corrected chi connectivity index (χ2v) is 8.44. The van der Waals surface area contributed by atoms with Crippen molar-refractivity contribution in [3.63, 3.8) is 0 Å². The normalized spacial score (nSPS) is 19.9. The first-order chi connectivity index (χ1) is 14.9. The second-order valence-electron chi connectivity index (χ2n) is 8.07. The van der Waals surface area contributed by atoms with Crippen LogP contribution in [-0.4, -0.2) is 36.1 Å². The number of hydrogen-bond donors (Lipinski definition) is 1. The molecule has 0 unspecified atom stereocenters. The molecule has 0 bridgehead atoms. The average molecular weight is 440 g/mol. The Morgan fingerprint density at radius 3 is 2.39 bits per heavy atom.